The molecule has 0 aromatic carbocycles. The SMILES string of the molecule is CC(C)[Si](O[C@@H](C(=O)O)[C@H](CF)NC(=O)OC(C)(C)C)(C(C)C)C(C)C. The van der Waals surface area contributed by atoms with Gasteiger partial charge in [-0.05, 0) is 37.4 Å². The van der Waals surface area contributed by atoms with Gasteiger partial charge in [0.05, 0.1) is 6.04 Å². The van der Waals surface area contributed by atoms with E-state index < -0.39 is 44.8 Å². The van der Waals surface area contributed by atoms with Crippen LogP contribution in [-0.4, -0.2) is 49.9 Å². The van der Waals surface area contributed by atoms with Crippen LogP contribution in [0, 0.1) is 0 Å². The van der Waals surface area contributed by atoms with Gasteiger partial charge in [-0.15, -0.1) is 0 Å². The highest BCUT2D eigenvalue weighted by Gasteiger charge is 2.49. The highest BCUT2D eigenvalue weighted by atomic mass is 28.4. The van der Waals surface area contributed by atoms with E-state index in [1.165, 1.54) is 0 Å². The van der Waals surface area contributed by atoms with Crippen LogP contribution in [0.3, 0.4) is 0 Å². The van der Waals surface area contributed by atoms with Gasteiger partial charge in [-0.1, -0.05) is 41.5 Å². The Hall–Kier alpha value is -1.15. The summed E-state index contributed by atoms with van der Waals surface area (Å²) < 4.78 is 25.0. The molecule has 6 nitrogen and oxygen atoms in total. The first kappa shape index (κ1) is 24.8. The molecule has 0 aromatic rings. The highest BCUT2D eigenvalue weighted by molar-refractivity contribution is 6.77. The molecule has 2 N–H and O–H groups in total. The van der Waals surface area contributed by atoms with Gasteiger partial charge in [0.1, 0.15) is 12.3 Å². The van der Waals surface area contributed by atoms with Gasteiger partial charge in [-0.25, -0.2) is 14.0 Å². The van der Waals surface area contributed by atoms with Crippen molar-refractivity contribution in [2.24, 2.45) is 0 Å². The second-order valence-corrected chi connectivity index (χ2v) is 14.0. The lowest BCUT2D eigenvalue weighted by atomic mass is 10.2. The smallest absolute Gasteiger partial charge is 0.408 e. The normalized spacial score (nSPS) is 15.3. The number of carboxylic acids is 1. The molecule has 26 heavy (non-hydrogen) atoms. The van der Waals surface area contributed by atoms with E-state index in [9.17, 15) is 19.1 Å². The fourth-order valence-corrected chi connectivity index (χ4v) is 9.11. The summed E-state index contributed by atoms with van der Waals surface area (Å²) in [6, 6.07) is -1.31. The third-order valence-electron chi connectivity index (χ3n) is 4.52. The summed E-state index contributed by atoms with van der Waals surface area (Å²) in [7, 11) is -2.57. The van der Waals surface area contributed by atoms with E-state index in [1.54, 1.807) is 20.8 Å². The molecular weight excluding hydrogens is 357 g/mol. The van der Waals surface area contributed by atoms with Gasteiger partial charge in [-0.2, -0.15) is 0 Å². The number of nitrogens with one attached hydrogen (secondary N) is 1. The molecule has 0 saturated carbocycles. The van der Waals surface area contributed by atoms with Crippen LogP contribution in [0.25, 0.3) is 0 Å². The molecule has 0 heterocycles. The number of alkyl carbamates (subject to hydrolysis) is 1. The lowest BCUT2D eigenvalue weighted by Crippen LogP contribution is -2.58. The molecule has 1 amide bonds. The summed E-state index contributed by atoms with van der Waals surface area (Å²) in [5, 5.41) is 12.0. The zero-order valence-electron chi connectivity index (χ0n) is 17.6. The van der Waals surface area contributed by atoms with Crippen molar-refractivity contribution in [3.63, 3.8) is 0 Å². The lowest BCUT2D eigenvalue weighted by Gasteiger charge is -2.44. The van der Waals surface area contributed by atoms with Crippen LogP contribution in [0.2, 0.25) is 16.6 Å². The molecule has 0 aliphatic carbocycles. The Morgan fingerprint density at radius 3 is 1.73 bits per heavy atom. The van der Waals surface area contributed by atoms with E-state index in [4.69, 9.17) is 9.16 Å². The lowest BCUT2D eigenvalue weighted by molar-refractivity contribution is -0.147. The Labute approximate surface area is 158 Å². The second kappa shape index (κ2) is 9.69. The van der Waals surface area contributed by atoms with Crippen molar-refractivity contribution in [1.29, 1.82) is 0 Å². The number of ether oxygens (including phenoxy) is 1. The maximum absolute atomic E-state index is 13.6. The van der Waals surface area contributed by atoms with Crippen molar-refractivity contribution in [3.8, 4) is 0 Å². The number of hydrogen-bond acceptors (Lipinski definition) is 4. The number of rotatable bonds is 9. The van der Waals surface area contributed by atoms with Crippen LogP contribution in [0.4, 0.5) is 9.18 Å². The van der Waals surface area contributed by atoms with Crippen LogP contribution < -0.4 is 5.32 Å². The summed E-state index contributed by atoms with van der Waals surface area (Å²) in [5.74, 6) is -1.29. The molecule has 0 aliphatic rings. The summed E-state index contributed by atoms with van der Waals surface area (Å²) in [6.45, 7) is 16.0. The number of carbonyl (C=O) groups is 2. The zero-order valence-corrected chi connectivity index (χ0v) is 18.6. The van der Waals surface area contributed by atoms with Gasteiger partial charge in [0, 0.05) is 0 Å². The van der Waals surface area contributed by atoms with E-state index in [-0.39, 0.29) is 16.6 Å². The standard InChI is InChI=1S/C18H36FNO5Si/c1-11(2)26(12(3)4,13(5)6)25-15(16(21)22)14(10-19)20-17(23)24-18(7,8)9/h11-15H,10H2,1-9H3,(H,20,23)(H,21,22)/t14-,15+/m0/s1. The van der Waals surface area contributed by atoms with Crippen molar-refractivity contribution in [1.82, 2.24) is 5.32 Å². The first-order valence-corrected chi connectivity index (χ1v) is 11.3. The molecule has 154 valence electrons. The van der Waals surface area contributed by atoms with Gasteiger partial charge in [0.2, 0.25) is 8.32 Å². The molecule has 0 unspecified atom stereocenters. The number of alkyl halides is 1. The van der Waals surface area contributed by atoms with Crippen molar-refractivity contribution in [2.45, 2.75) is 96.7 Å². The molecule has 0 bridgehead atoms. The molecule has 0 aliphatic heterocycles. The van der Waals surface area contributed by atoms with Crippen LogP contribution in [-0.2, 0) is 14.0 Å². The Balaban J connectivity index is 5.66. The minimum Gasteiger partial charge on any atom is -0.479 e. The van der Waals surface area contributed by atoms with Gasteiger partial charge in [-0.3, -0.25) is 0 Å². The van der Waals surface area contributed by atoms with Crippen LogP contribution in [0.5, 0.6) is 0 Å². The van der Waals surface area contributed by atoms with Crippen LogP contribution in [0.1, 0.15) is 62.3 Å². The number of carboxylic acid groups (broad SMARTS) is 1. The van der Waals surface area contributed by atoms with Crippen molar-refractivity contribution in [3.05, 3.63) is 0 Å². The van der Waals surface area contributed by atoms with Crippen molar-refractivity contribution >= 4 is 20.4 Å². The summed E-state index contributed by atoms with van der Waals surface area (Å²) >= 11 is 0. The average Bonchev–Trinajstić information content (AvgIpc) is 2.42. The Kier molecular flexibility index (Phi) is 9.26. The van der Waals surface area contributed by atoms with Gasteiger partial charge < -0.3 is 19.6 Å². The van der Waals surface area contributed by atoms with Crippen LogP contribution >= 0.6 is 0 Å². The fraction of sp³-hybridized carbons (Fsp3) is 0.889. The largest absolute Gasteiger partial charge is 0.479 e. The number of amides is 1. The summed E-state index contributed by atoms with van der Waals surface area (Å²) in [6.07, 6.45) is -2.33. The Bertz CT molecular complexity index is 455. The van der Waals surface area contributed by atoms with Gasteiger partial charge in [0.25, 0.3) is 0 Å². The maximum Gasteiger partial charge on any atom is 0.408 e. The Morgan fingerprint density at radius 2 is 1.46 bits per heavy atom. The predicted molar refractivity (Wildman–Crippen MR) is 103 cm³/mol. The average molecular weight is 394 g/mol. The molecule has 0 rings (SSSR count). The summed E-state index contributed by atoms with van der Waals surface area (Å²) in [5.41, 5.74) is -0.375. The van der Waals surface area contributed by atoms with Gasteiger partial charge in [0.15, 0.2) is 6.10 Å². The minimum absolute atomic E-state index is 0.131. The fourth-order valence-electron chi connectivity index (χ4n) is 3.59. The predicted octanol–water partition coefficient (Wildman–Crippen LogP) is 4.49. The topological polar surface area (TPSA) is 84.9 Å². The molecule has 0 spiro atoms. The van der Waals surface area contributed by atoms with Crippen LogP contribution in [0.15, 0.2) is 0 Å². The quantitative estimate of drug-likeness (QED) is 0.564. The first-order chi connectivity index (χ1) is 11.7. The monoisotopic (exact) mass is 393 g/mol. The van der Waals surface area contributed by atoms with Crippen molar-refractivity contribution < 1.29 is 28.2 Å². The number of aliphatic carboxylic acids is 1. The van der Waals surface area contributed by atoms with E-state index >= 15 is 0 Å². The second-order valence-electron chi connectivity index (χ2n) is 8.60. The van der Waals surface area contributed by atoms with E-state index in [0.29, 0.717) is 0 Å². The number of halogens is 1. The molecule has 2 atom stereocenters. The first-order valence-electron chi connectivity index (χ1n) is 9.15. The molecule has 0 aromatic heterocycles. The maximum atomic E-state index is 13.6. The molecular formula is C18H36FNO5Si. The van der Waals surface area contributed by atoms with E-state index in [0.717, 1.165) is 0 Å². The van der Waals surface area contributed by atoms with Crippen molar-refractivity contribution in [2.75, 3.05) is 6.67 Å². The molecule has 0 fully saturated rings. The number of hydrogen-bond donors (Lipinski definition) is 2. The molecule has 0 radical (unpaired) electrons. The van der Waals surface area contributed by atoms with Gasteiger partial charge >= 0.3 is 12.1 Å². The minimum atomic E-state index is -2.57. The third-order valence-corrected chi connectivity index (χ3v) is 10.6. The Morgan fingerprint density at radius 1 is 1.04 bits per heavy atom. The van der Waals surface area contributed by atoms with E-state index in [1.807, 2.05) is 41.5 Å². The number of carbonyl (C=O) groups excluding carboxylic acids is 1. The molecule has 8 heteroatoms. The van der Waals surface area contributed by atoms with E-state index in [2.05, 4.69) is 5.32 Å². The zero-order chi connectivity index (χ0) is 20.9. The molecule has 0 saturated heterocycles. The summed E-state index contributed by atoms with van der Waals surface area (Å²) in [4.78, 5) is 23.8. The third kappa shape index (κ3) is 6.54. The highest BCUT2D eigenvalue weighted by Crippen LogP contribution is 2.43.